The molecule has 0 aliphatic rings. The zero-order chi connectivity index (χ0) is 12.8. The quantitative estimate of drug-likeness (QED) is 0.890. The molecule has 1 N–H and O–H groups in total. The molecule has 0 radical (unpaired) electrons. The molecule has 0 fully saturated rings. The lowest BCUT2D eigenvalue weighted by molar-refractivity contribution is 0.122. The molecule has 94 valence electrons. The summed E-state index contributed by atoms with van der Waals surface area (Å²) in [6.07, 6.45) is -0.441. The van der Waals surface area contributed by atoms with Gasteiger partial charge in [0.05, 0.1) is 6.10 Å². The fourth-order valence-corrected chi connectivity index (χ4v) is 2.28. The van der Waals surface area contributed by atoms with E-state index in [0.717, 1.165) is 5.75 Å². The van der Waals surface area contributed by atoms with Crippen molar-refractivity contribution in [2.24, 2.45) is 0 Å². The molecule has 0 aliphatic carbocycles. The predicted octanol–water partition coefficient (Wildman–Crippen LogP) is 3.60. The summed E-state index contributed by atoms with van der Waals surface area (Å²) < 4.78 is 5.41. The van der Waals surface area contributed by atoms with Gasteiger partial charge in [-0.25, -0.2) is 0 Å². The molecule has 0 amide bonds. The Kier molecular flexibility index (Phi) is 4.67. The van der Waals surface area contributed by atoms with Crippen LogP contribution in [0.1, 0.15) is 6.92 Å². The number of hydrogen-bond donors (Lipinski definition) is 1. The molecule has 3 heteroatoms. The molecular formula is C15H16O2S. The van der Waals surface area contributed by atoms with Crippen molar-refractivity contribution < 1.29 is 9.84 Å². The number of rotatable bonds is 5. The molecule has 0 heterocycles. The van der Waals surface area contributed by atoms with E-state index in [1.165, 1.54) is 9.79 Å². The summed E-state index contributed by atoms with van der Waals surface area (Å²) >= 11 is 1.72. The number of hydrogen-bond acceptors (Lipinski definition) is 3. The zero-order valence-corrected chi connectivity index (χ0v) is 11.1. The second kappa shape index (κ2) is 6.47. The Balaban J connectivity index is 1.95. The van der Waals surface area contributed by atoms with Crippen LogP contribution in [0.2, 0.25) is 0 Å². The SMILES string of the molecule is CC(O)COc1ccc(Sc2ccccc2)cc1. The molecule has 0 saturated heterocycles. The van der Waals surface area contributed by atoms with Gasteiger partial charge < -0.3 is 9.84 Å². The van der Waals surface area contributed by atoms with Crippen LogP contribution in [0.4, 0.5) is 0 Å². The van der Waals surface area contributed by atoms with E-state index in [1.807, 2.05) is 42.5 Å². The summed E-state index contributed by atoms with van der Waals surface area (Å²) in [7, 11) is 0. The van der Waals surface area contributed by atoms with E-state index >= 15 is 0 Å². The molecule has 0 spiro atoms. The van der Waals surface area contributed by atoms with Gasteiger partial charge in [-0.05, 0) is 43.3 Å². The minimum Gasteiger partial charge on any atom is -0.491 e. The van der Waals surface area contributed by atoms with Crippen molar-refractivity contribution in [3.8, 4) is 5.75 Å². The highest BCUT2D eigenvalue weighted by atomic mass is 32.2. The van der Waals surface area contributed by atoms with Crippen LogP contribution in [0.15, 0.2) is 64.4 Å². The van der Waals surface area contributed by atoms with Crippen molar-refractivity contribution in [1.29, 1.82) is 0 Å². The monoisotopic (exact) mass is 260 g/mol. The maximum Gasteiger partial charge on any atom is 0.119 e. The van der Waals surface area contributed by atoms with Crippen molar-refractivity contribution >= 4 is 11.8 Å². The average molecular weight is 260 g/mol. The predicted molar refractivity (Wildman–Crippen MR) is 74.2 cm³/mol. The van der Waals surface area contributed by atoms with Gasteiger partial charge in [-0.1, -0.05) is 30.0 Å². The van der Waals surface area contributed by atoms with Crippen LogP contribution < -0.4 is 4.74 Å². The van der Waals surface area contributed by atoms with Gasteiger partial charge in [0.1, 0.15) is 12.4 Å². The molecule has 2 aromatic carbocycles. The minimum absolute atomic E-state index is 0.325. The van der Waals surface area contributed by atoms with E-state index in [9.17, 15) is 0 Å². The van der Waals surface area contributed by atoms with Gasteiger partial charge in [0.15, 0.2) is 0 Å². The van der Waals surface area contributed by atoms with E-state index in [2.05, 4.69) is 12.1 Å². The highest BCUT2D eigenvalue weighted by molar-refractivity contribution is 7.99. The van der Waals surface area contributed by atoms with Crippen molar-refractivity contribution in [3.63, 3.8) is 0 Å². The van der Waals surface area contributed by atoms with Crippen LogP contribution in [0.3, 0.4) is 0 Å². The third kappa shape index (κ3) is 4.09. The molecule has 18 heavy (non-hydrogen) atoms. The lowest BCUT2D eigenvalue weighted by atomic mass is 10.3. The van der Waals surface area contributed by atoms with E-state index in [-0.39, 0.29) is 0 Å². The first-order valence-electron chi connectivity index (χ1n) is 5.88. The Bertz CT molecular complexity index is 466. The fourth-order valence-electron chi connectivity index (χ4n) is 1.45. The molecule has 1 unspecified atom stereocenters. The molecule has 1 atom stereocenters. The standard InChI is InChI=1S/C15H16O2S/c1-12(16)11-17-13-7-9-15(10-8-13)18-14-5-3-2-4-6-14/h2-10,12,16H,11H2,1H3. The molecule has 2 rings (SSSR count). The number of benzene rings is 2. The van der Waals surface area contributed by atoms with Crippen molar-refractivity contribution in [2.45, 2.75) is 22.8 Å². The third-order valence-electron chi connectivity index (χ3n) is 2.29. The number of ether oxygens (including phenoxy) is 1. The fraction of sp³-hybridized carbons (Fsp3) is 0.200. The molecule has 2 nitrogen and oxygen atoms in total. The van der Waals surface area contributed by atoms with Crippen molar-refractivity contribution in [1.82, 2.24) is 0 Å². The van der Waals surface area contributed by atoms with E-state index < -0.39 is 6.10 Å². The maximum atomic E-state index is 9.13. The normalized spacial score (nSPS) is 12.1. The molecule has 0 bridgehead atoms. The molecule has 0 aliphatic heterocycles. The Morgan fingerprint density at radius 1 is 1.00 bits per heavy atom. The largest absolute Gasteiger partial charge is 0.491 e. The topological polar surface area (TPSA) is 29.5 Å². The van der Waals surface area contributed by atoms with Gasteiger partial charge in [-0.3, -0.25) is 0 Å². The van der Waals surface area contributed by atoms with E-state index in [0.29, 0.717) is 6.61 Å². The second-order valence-electron chi connectivity index (χ2n) is 4.05. The summed E-state index contributed by atoms with van der Waals surface area (Å²) in [5.74, 6) is 0.785. The summed E-state index contributed by atoms with van der Waals surface area (Å²) in [6, 6.07) is 18.1. The van der Waals surface area contributed by atoms with Crippen LogP contribution in [0.5, 0.6) is 5.75 Å². The van der Waals surface area contributed by atoms with E-state index in [4.69, 9.17) is 9.84 Å². The first-order chi connectivity index (χ1) is 8.74. The van der Waals surface area contributed by atoms with Crippen LogP contribution in [0, 0.1) is 0 Å². The smallest absolute Gasteiger partial charge is 0.119 e. The minimum atomic E-state index is -0.441. The number of aliphatic hydroxyl groups excluding tert-OH is 1. The zero-order valence-electron chi connectivity index (χ0n) is 10.2. The van der Waals surface area contributed by atoms with Crippen LogP contribution in [-0.2, 0) is 0 Å². The van der Waals surface area contributed by atoms with E-state index in [1.54, 1.807) is 18.7 Å². The Hall–Kier alpha value is -1.45. The van der Waals surface area contributed by atoms with Gasteiger partial charge >= 0.3 is 0 Å². The molecule has 2 aromatic rings. The highest BCUT2D eigenvalue weighted by Gasteiger charge is 2.00. The Morgan fingerprint density at radius 3 is 2.22 bits per heavy atom. The van der Waals surface area contributed by atoms with Crippen LogP contribution in [-0.4, -0.2) is 17.8 Å². The highest BCUT2D eigenvalue weighted by Crippen LogP contribution is 2.28. The van der Waals surface area contributed by atoms with Crippen molar-refractivity contribution in [2.75, 3.05) is 6.61 Å². The average Bonchev–Trinajstić information content (AvgIpc) is 2.39. The van der Waals surface area contributed by atoms with Gasteiger partial charge in [-0.15, -0.1) is 0 Å². The lowest BCUT2D eigenvalue weighted by Gasteiger charge is -2.08. The van der Waals surface area contributed by atoms with Gasteiger partial charge in [0, 0.05) is 9.79 Å². The maximum absolute atomic E-state index is 9.13. The lowest BCUT2D eigenvalue weighted by Crippen LogP contribution is -2.12. The van der Waals surface area contributed by atoms with Crippen molar-refractivity contribution in [3.05, 3.63) is 54.6 Å². The molecule has 0 saturated carbocycles. The summed E-state index contributed by atoms with van der Waals surface area (Å²) in [6.45, 7) is 2.03. The summed E-state index contributed by atoms with van der Waals surface area (Å²) in [5, 5.41) is 9.13. The molecule has 0 aromatic heterocycles. The first kappa shape index (κ1) is 13.0. The van der Waals surface area contributed by atoms with Gasteiger partial charge in [0.25, 0.3) is 0 Å². The Morgan fingerprint density at radius 2 is 1.61 bits per heavy atom. The first-order valence-corrected chi connectivity index (χ1v) is 6.69. The van der Waals surface area contributed by atoms with Crippen LogP contribution >= 0.6 is 11.8 Å². The Labute approximate surface area is 112 Å². The van der Waals surface area contributed by atoms with Gasteiger partial charge in [-0.2, -0.15) is 0 Å². The summed E-state index contributed by atoms with van der Waals surface area (Å²) in [4.78, 5) is 2.39. The summed E-state index contributed by atoms with van der Waals surface area (Å²) in [5.41, 5.74) is 0. The molecular weight excluding hydrogens is 244 g/mol. The third-order valence-corrected chi connectivity index (χ3v) is 3.31. The number of aliphatic hydroxyl groups is 1. The second-order valence-corrected chi connectivity index (χ2v) is 5.19. The van der Waals surface area contributed by atoms with Gasteiger partial charge in [0.2, 0.25) is 0 Å². The van der Waals surface area contributed by atoms with Crippen LogP contribution in [0.25, 0.3) is 0 Å².